The summed E-state index contributed by atoms with van der Waals surface area (Å²) in [5.74, 6) is -0.309. The molecule has 0 saturated carbocycles. The summed E-state index contributed by atoms with van der Waals surface area (Å²) in [4.78, 5) is 11.9. The highest BCUT2D eigenvalue weighted by Crippen LogP contribution is 2.30. The lowest BCUT2D eigenvalue weighted by Gasteiger charge is -2.11. The van der Waals surface area contributed by atoms with Gasteiger partial charge >= 0.3 is 0 Å². The number of fused-ring (bicyclic) bond motifs is 1. The van der Waals surface area contributed by atoms with E-state index in [1.54, 1.807) is 12.1 Å². The third kappa shape index (κ3) is 2.35. The lowest BCUT2D eigenvalue weighted by atomic mass is 10.1. The number of carbonyl (C=O) groups excluding carboxylic acids is 1. The lowest BCUT2D eigenvalue weighted by molar-refractivity contribution is -0.117. The summed E-state index contributed by atoms with van der Waals surface area (Å²) in [5, 5.41) is 6.02. The monoisotopic (exact) mass is 256 g/mol. The fourth-order valence-corrected chi connectivity index (χ4v) is 2.23. The van der Waals surface area contributed by atoms with Gasteiger partial charge in [-0.05, 0) is 23.8 Å². The molecule has 2 N–H and O–H groups in total. The molecule has 96 valence electrons. The topological polar surface area (TPSA) is 41.1 Å². The second kappa shape index (κ2) is 4.82. The predicted octanol–water partition coefficient (Wildman–Crippen LogP) is 2.61. The van der Waals surface area contributed by atoms with Gasteiger partial charge in [0.25, 0.3) is 0 Å². The summed E-state index contributed by atoms with van der Waals surface area (Å²) >= 11 is 0. The van der Waals surface area contributed by atoms with Crippen molar-refractivity contribution in [2.75, 3.05) is 5.32 Å². The Morgan fingerprint density at radius 3 is 2.63 bits per heavy atom. The van der Waals surface area contributed by atoms with E-state index in [9.17, 15) is 9.18 Å². The molecule has 0 spiro atoms. The van der Waals surface area contributed by atoms with Crippen LogP contribution in [0, 0.1) is 5.82 Å². The molecule has 0 saturated heterocycles. The van der Waals surface area contributed by atoms with Crippen molar-refractivity contribution in [3.8, 4) is 0 Å². The summed E-state index contributed by atoms with van der Waals surface area (Å²) in [6.45, 7) is 0.521. The van der Waals surface area contributed by atoms with Gasteiger partial charge in [-0.2, -0.15) is 0 Å². The van der Waals surface area contributed by atoms with Gasteiger partial charge in [0, 0.05) is 17.8 Å². The number of rotatable bonds is 3. The number of nitrogens with one attached hydrogen (secondary N) is 2. The van der Waals surface area contributed by atoms with Crippen molar-refractivity contribution in [3.63, 3.8) is 0 Å². The minimum Gasteiger partial charge on any atom is -0.324 e. The first-order valence-corrected chi connectivity index (χ1v) is 6.11. The van der Waals surface area contributed by atoms with Crippen LogP contribution in [0.25, 0.3) is 0 Å². The number of hydrogen-bond donors (Lipinski definition) is 2. The van der Waals surface area contributed by atoms with Crippen LogP contribution in [0.4, 0.5) is 10.1 Å². The molecular formula is C15H13FN2O. The molecule has 1 atom stereocenters. The number of hydrogen-bond acceptors (Lipinski definition) is 2. The molecule has 1 unspecified atom stereocenters. The first kappa shape index (κ1) is 11.9. The van der Waals surface area contributed by atoms with Gasteiger partial charge in [0.1, 0.15) is 11.9 Å². The van der Waals surface area contributed by atoms with E-state index < -0.39 is 0 Å². The first-order chi connectivity index (χ1) is 9.24. The molecule has 1 aliphatic heterocycles. The van der Waals surface area contributed by atoms with Crippen LogP contribution in [0.1, 0.15) is 17.2 Å². The molecule has 2 aromatic rings. The number of amides is 1. The second-order valence-electron chi connectivity index (χ2n) is 4.52. The zero-order valence-corrected chi connectivity index (χ0v) is 10.2. The van der Waals surface area contributed by atoms with E-state index in [2.05, 4.69) is 10.6 Å². The Hall–Kier alpha value is -2.20. The standard InChI is InChI=1S/C15H13FN2O/c16-11-7-5-10(6-8-11)9-17-14-12-3-1-2-4-13(12)18-15(14)19/h1-8,14,17H,9H2,(H,18,19). The van der Waals surface area contributed by atoms with Gasteiger partial charge in [-0.1, -0.05) is 30.3 Å². The van der Waals surface area contributed by atoms with Crippen LogP contribution in [-0.2, 0) is 11.3 Å². The van der Waals surface area contributed by atoms with Crippen LogP contribution < -0.4 is 10.6 Å². The number of halogens is 1. The summed E-state index contributed by atoms with van der Waals surface area (Å²) < 4.78 is 12.8. The molecule has 1 amide bonds. The van der Waals surface area contributed by atoms with E-state index in [-0.39, 0.29) is 17.8 Å². The third-order valence-corrected chi connectivity index (χ3v) is 3.22. The average Bonchev–Trinajstić information content (AvgIpc) is 2.74. The highest BCUT2D eigenvalue weighted by Gasteiger charge is 2.29. The Morgan fingerprint density at radius 1 is 1.11 bits per heavy atom. The fraction of sp³-hybridized carbons (Fsp3) is 0.133. The molecule has 4 heteroatoms. The molecule has 0 fully saturated rings. The number of benzene rings is 2. The Bertz CT molecular complexity index is 610. The highest BCUT2D eigenvalue weighted by atomic mass is 19.1. The smallest absolute Gasteiger partial charge is 0.246 e. The number of anilines is 1. The molecule has 1 heterocycles. The quantitative estimate of drug-likeness (QED) is 0.886. The first-order valence-electron chi connectivity index (χ1n) is 6.11. The summed E-state index contributed by atoms with van der Waals surface area (Å²) in [5.41, 5.74) is 2.75. The zero-order valence-electron chi connectivity index (χ0n) is 10.2. The molecular weight excluding hydrogens is 243 g/mol. The largest absolute Gasteiger partial charge is 0.324 e. The lowest BCUT2D eigenvalue weighted by Crippen LogP contribution is -2.27. The molecule has 19 heavy (non-hydrogen) atoms. The summed E-state index contributed by atoms with van der Waals surface area (Å²) in [6, 6.07) is 13.5. The highest BCUT2D eigenvalue weighted by molar-refractivity contribution is 6.02. The van der Waals surface area contributed by atoms with Crippen molar-refractivity contribution in [1.29, 1.82) is 0 Å². The van der Waals surface area contributed by atoms with E-state index in [1.165, 1.54) is 12.1 Å². The van der Waals surface area contributed by atoms with E-state index in [1.807, 2.05) is 24.3 Å². The van der Waals surface area contributed by atoms with E-state index in [0.29, 0.717) is 6.54 Å². The van der Waals surface area contributed by atoms with Crippen LogP contribution in [0.15, 0.2) is 48.5 Å². The van der Waals surface area contributed by atoms with Gasteiger partial charge in [-0.3, -0.25) is 10.1 Å². The molecule has 0 radical (unpaired) electrons. The Kier molecular flexibility index (Phi) is 3.01. The SMILES string of the molecule is O=C1Nc2ccccc2C1NCc1ccc(F)cc1. The van der Waals surface area contributed by atoms with Crippen molar-refractivity contribution in [2.24, 2.45) is 0 Å². The number of para-hydroxylation sites is 1. The summed E-state index contributed by atoms with van der Waals surface area (Å²) in [6.07, 6.45) is 0. The third-order valence-electron chi connectivity index (χ3n) is 3.22. The predicted molar refractivity (Wildman–Crippen MR) is 71.1 cm³/mol. The molecule has 0 aliphatic carbocycles. The van der Waals surface area contributed by atoms with Crippen LogP contribution in [-0.4, -0.2) is 5.91 Å². The van der Waals surface area contributed by atoms with Crippen molar-refractivity contribution >= 4 is 11.6 Å². The van der Waals surface area contributed by atoms with Gasteiger partial charge in [0.05, 0.1) is 0 Å². The van der Waals surface area contributed by atoms with Gasteiger partial charge in [0.2, 0.25) is 5.91 Å². The van der Waals surface area contributed by atoms with Gasteiger partial charge in [0.15, 0.2) is 0 Å². The average molecular weight is 256 g/mol. The van der Waals surface area contributed by atoms with E-state index in [4.69, 9.17) is 0 Å². The maximum absolute atomic E-state index is 12.8. The van der Waals surface area contributed by atoms with Crippen molar-refractivity contribution in [2.45, 2.75) is 12.6 Å². The fourth-order valence-electron chi connectivity index (χ4n) is 2.23. The molecule has 3 rings (SSSR count). The van der Waals surface area contributed by atoms with Gasteiger partial charge < -0.3 is 5.32 Å². The van der Waals surface area contributed by atoms with Crippen LogP contribution >= 0.6 is 0 Å². The zero-order chi connectivity index (χ0) is 13.2. The summed E-state index contributed by atoms with van der Waals surface area (Å²) in [7, 11) is 0. The molecule has 1 aliphatic rings. The minimum atomic E-state index is -0.346. The maximum Gasteiger partial charge on any atom is 0.246 e. The van der Waals surface area contributed by atoms with Crippen molar-refractivity contribution in [3.05, 3.63) is 65.5 Å². The Labute approximate surface area is 110 Å². The minimum absolute atomic E-state index is 0.0525. The Balaban J connectivity index is 1.73. The van der Waals surface area contributed by atoms with E-state index >= 15 is 0 Å². The van der Waals surface area contributed by atoms with Crippen molar-refractivity contribution < 1.29 is 9.18 Å². The molecule has 0 bridgehead atoms. The van der Waals surface area contributed by atoms with Crippen LogP contribution in [0.5, 0.6) is 0 Å². The van der Waals surface area contributed by atoms with Gasteiger partial charge in [-0.15, -0.1) is 0 Å². The second-order valence-corrected chi connectivity index (χ2v) is 4.52. The maximum atomic E-state index is 12.8. The molecule has 0 aromatic heterocycles. The van der Waals surface area contributed by atoms with Crippen LogP contribution in [0.3, 0.4) is 0 Å². The number of carbonyl (C=O) groups is 1. The van der Waals surface area contributed by atoms with E-state index in [0.717, 1.165) is 16.8 Å². The normalized spacial score (nSPS) is 17.1. The van der Waals surface area contributed by atoms with Gasteiger partial charge in [-0.25, -0.2) is 4.39 Å². The molecule has 2 aromatic carbocycles. The van der Waals surface area contributed by atoms with Crippen molar-refractivity contribution in [1.82, 2.24) is 5.32 Å². The molecule has 3 nitrogen and oxygen atoms in total. The Morgan fingerprint density at radius 2 is 1.84 bits per heavy atom. The van der Waals surface area contributed by atoms with Crippen LogP contribution in [0.2, 0.25) is 0 Å².